The fourth-order valence-corrected chi connectivity index (χ4v) is 6.31. The number of fused-ring (bicyclic) bond motifs is 3. The first-order valence-corrected chi connectivity index (χ1v) is 13.2. The van der Waals surface area contributed by atoms with Crippen LogP contribution in [-0.2, 0) is 34.5 Å². The van der Waals surface area contributed by atoms with Crippen molar-refractivity contribution < 1.29 is 28.0 Å². The summed E-state index contributed by atoms with van der Waals surface area (Å²) in [6.07, 6.45) is 3.92. The Bertz CT molecular complexity index is 1410. The number of rotatable bonds is 4. The van der Waals surface area contributed by atoms with Crippen LogP contribution in [0.2, 0.25) is 0 Å². The van der Waals surface area contributed by atoms with Crippen LogP contribution >= 0.6 is 0 Å². The summed E-state index contributed by atoms with van der Waals surface area (Å²) in [5.41, 5.74) is 2.01. The van der Waals surface area contributed by atoms with Crippen LogP contribution in [0.1, 0.15) is 47.9 Å². The summed E-state index contributed by atoms with van der Waals surface area (Å²) < 4.78 is 28.0. The molecule has 0 radical (unpaired) electrons. The van der Waals surface area contributed by atoms with Gasteiger partial charge in [0.2, 0.25) is 5.91 Å². The standard InChI is InChI=1S/C28H29F2N5O4/c1-31-26(38)32-19-5-6-20-17(10-19)8-9-28(20)25(37)35(27(39)33-28)14-24(36)34-13-18-12-22(30)21(29)11-16(18)4-7-23(34)15-2-3-15/h5-6,10-12,15,23H,2-4,7-9,13-14H2,1H3,(H,33,39)(H2,31,32,38). The minimum atomic E-state index is -1.26. The largest absolute Gasteiger partial charge is 0.341 e. The topological polar surface area (TPSA) is 111 Å². The van der Waals surface area contributed by atoms with Gasteiger partial charge in [-0.2, -0.15) is 0 Å². The van der Waals surface area contributed by atoms with Gasteiger partial charge >= 0.3 is 12.1 Å². The molecule has 204 valence electrons. The van der Waals surface area contributed by atoms with Crippen molar-refractivity contribution in [2.75, 3.05) is 18.9 Å². The molecule has 39 heavy (non-hydrogen) atoms. The Labute approximate surface area is 223 Å². The van der Waals surface area contributed by atoms with Crippen molar-refractivity contribution in [2.24, 2.45) is 5.92 Å². The Morgan fingerprint density at radius 1 is 1.03 bits per heavy atom. The van der Waals surface area contributed by atoms with Crippen LogP contribution in [0.5, 0.6) is 0 Å². The third-order valence-electron chi connectivity index (χ3n) is 8.47. The van der Waals surface area contributed by atoms with Gasteiger partial charge in [-0.15, -0.1) is 0 Å². The second-order valence-electron chi connectivity index (χ2n) is 10.8. The van der Waals surface area contributed by atoms with Crippen LogP contribution in [0.15, 0.2) is 30.3 Å². The molecule has 0 bridgehead atoms. The summed E-state index contributed by atoms with van der Waals surface area (Å²) in [5, 5.41) is 8.01. The van der Waals surface area contributed by atoms with Gasteiger partial charge in [0.25, 0.3) is 5.91 Å². The molecule has 2 atom stereocenters. The van der Waals surface area contributed by atoms with Crippen LogP contribution in [0, 0.1) is 17.6 Å². The van der Waals surface area contributed by atoms with E-state index in [0.29, 0.717) is 54.0 Å². The van der Waals surface area contributed by atoms with Crippen molar-refractivity contribution in [2.45, 2.75) is 56.7 Å². The number of nitrogens with zero attached hydrogens (tertiary/aromatic N) is 2. The van der Waals surface area contributed by atoms with Crippen molar-refractivity contribution in [1.29, 1.82) is 0 Å². The number of amides is 6. The summed E-state index contributed by atoms with van der Waals surface area (Å²) in [6.45, 7) is -0.328. The molecule has 2 aromatic rings. The highest BCUT2D eigenvalue weighted by molar-refractivity contribution is 6.10. The second kappa shape index (κ2) is 9.32. The van der Waals surface area contributed by atoms with Gasteiger partial charge in [-0.25, -0.2) is 18.4 Å². The molecule has 4 aliphatic rings. The molecule has 2 aromatic carbocycles. The molecule has 0 aromatic heterocycles. The number of benzene rings is 2. The van der Waals surface area contributed by atoms with Gasteiger partial charge in [0.15, 0.2) is 11.6 Å². The zero-order chi connectivity index (χ0) is 27.5. The number of anilines is 1. The Kier molecular flexibility index (Phi) is 6.04. The fraction of sp³-hybridized carbons (Fsp3) is 0.429. The lowest BCUT2D eigenvalue weighted by atomic mass is 9.91. The Hall–Kier alpha value is -4.02. The van der Waals surface area contributed by atoms with E-state index < -0.39 is 41.6 Å². The van der Waals surface area contributed by atoms with E-state index >= 15 is 0 Å². The van der Waals surface area contributed by atoms with Crippen LogP contribution in [0.3, 0.4) is 0 Å². The van der Waals surface area contributed by atoms with Crippen LogP contribution in [0.25, 0.3) is 0 Å². The van der Waals surface area contributed by atoms with Crippen molar-refractivity contribution in [1.82, 2.24) is 20.4 Å². The molecule has 11 heteroatoms. The minimum Gasteiger partial charge on any atom is -0.341 e. The normalized spacial score (nSPS) is 23.8. The van der Waals surface area contributed by atoms with Crippen molar-refractivity contribution in [3.05, 3.63) is 64.2 Å². The molecule has 2 aliphatic heterocycles. The molecule has 1 saturated heterocycles. The molecular weight excluding hydrogens is 508 g/mol. The summed E-state index contributed by atoms with van der Waals surface area (Å²) in [4.78, 5) is 54.7. The number of carbonyl (C=O) groups excluding carboxylic acids is 4. The first-order valence-electron chi connectivity index (χ1n) is 13.2. The molecule has 1 saturated carbocycles. The summed E-state index contributed by atoms with van der Waals surface area (Å²) in [7, 11) is 1.51. The van der Waals surface area contributed by atoms with Gasteiger partial charge in [0, 0.05) is 25.3 Å². The Morgan fingerprint density at radius 2 is 1.77 bits per heavy atom. The third kappa shape index (κ3) is 4.29. The molecule has 2 unspecified atom stereocenters. The van der Waals surface area contributed by atoms with E-state index in [9.17, 15) is 28.0 Å². The molecule has 6 amide bonds. The maximum atomic E-state index is 14.1. The molecule has 2 heterocycles. The van der Waals surface area contributed by atoms with Gasteiger partial charge in [-0.3, -0.25) is 14.5 Å². The number of urea groups is 2. The Morgan fingerprint density at radius 3 is 2.49 bits per heavy atom. The van der Waals surface area contributed by atoms with Crippen molar-refractivity contribution >= 4 is 29.6 Å². The van der Waals surface area contributed by atoms with E-state index in [1.807, 2.05) is 0 Å². The average Bonchev–Trinajstić information content (AvgIpc) is 3.68. The lowest BCUT2D eigenvalue weighted by Gasteiger charge is -2.31. The number of halogens is 2. The smallest absolute Gasteiger partial charge is 0.325 e. The van der Waals surface area contributed by atoms with E-state index in [1.165, 1.54) is 13.1 Å². The second-order valence-corrected chi connectivity index (χ2v) is 10.8. The van der Waals surface area contributed by atoms with Crippen LogP contribution < -0.4 is 16.0 Å². The van der Waals surface area contributed by atoms with E-state index in [4.69, 9.17) is 0 Å². The van der Waals surface area contributed by atoms with E-state index in [-0.39, 0.29) is 18.6 Å². The maximum Gasteiger partial charge on any atom is 0.325 e. The highest BCUT2D eigenvalue weighted by atomic mass is 19.2. The Balaban J connectivity index is 1.23. The van der Waals surface area contributed by atoms with Gasteiger partial charge < -0.3 is 20.9 Å². The predicted octanol–water partition coefficient (Wildman–Crippen LogP) is 3.16. The zero-order valence-corrected chi connectivity index (χ0v) is 21.5. The van der Waals surface area contributed by atoms with E-state index in [2.05, 4.69) is 16.0 Å². The molecule has 2 aliphatic carbocycles. The summed E-state index contributed by atoms with van der Waals surface area (Å²) in [6, 6.07) is 6.40. The number of hydrogen-bond acceptors (Lipinski definition) is 4. The monoisotopic (exact) mass is 537 g/mol. The minimum absolute atomic E-state index is 0.102. The first-order chi connectivity index (χ1) is 18.7. The third-order valence-corrected chi connectivity index (χ3v) is 8.47. The van der Waals surface area contributed by atoms with Gasteiger partial charge in [0.1, 0.15) is 12.1 Å². The van der Waals surface area contributed by atoms with E-state index in [0.717, 1.165) is 29.4 Å². The summed E-state index contributed by atoms with van der Waals surface area (Å²) >= 11 is 0. The average molecular weight is 538 g/mol. The van der Waals surface area contributed by atoms with Gasteiger partial charge in [-0.05, 0) is 91.0 Å². The molecule has 6 rings (SSSR count). The van der Waals surface area contributed by atoms with Crippen molar-refractivity contribution in [3.63, 3.8) is 0 Å². The number of nitrogens with one attached hydrogen (secondary N) is 3. The highest BCUT2D eigenvalue weighted by Gasteiger charge is 2.56. The SMILES string of the molecule is CNC(=O)Nc1ccc2c(c1)CCC21NC(=O)N(CC(=O)N2Cc3cc(F)c(F)cc3CCC2C2CC2)C1=O. The van der Waals surface area contributed by atoms with Crippen LogP contribution in [-0.4, -0.2) is 53.3 Å². The predicted molar refractivity (Wildman–Crippen MR) is 137 cm³/mol. The molecule has 9 nitrogen and oxygen atoms in total. The number of carbonyl (C=O) groups is 4. The van der Waals surface area contributed by atoms with Crippen molar-refractivity contribution in [3.8, 4) is 0 Å². The number of aryl methyl sites for hydroxylation is 2. The van der Waals surface area contributed by atoms with Gasteiger partial charge in [-0.1, -0.05) is 6.07 Å². The summed E-state index contributed by atoms with van der Waals surface area (Å²) in [5.74, 6) is -2.46. The molecule has 2 fully saturated rings. The highest BCUT2D eigenvalue weighted by Crippen LogP contribution is 2.43. The quantitative estimate of drug-likeness (QED) is 0.521. The van der Waals surface area contributed by atoms with Gasteiger partial charge in [0.05, 0.1) is 0 Å². The van der Waals surface area contributed by atoms with Crippen LogP contribution in [0.4, 0.5) is 24.1 Å². The fourth-order valence-electron chi connectivity index (χ4n) is 6.31. The molecule has 3 N–H and O–H groups in total. The lowest BCUT2D eigenvalue weighted by molar-refractivity contribution is -0.141. The molecular formula is C28H29F2N5O4. The zero-order valence-electron chi connectivity index (χ0n) is 21.5. The maximum absolute atomic E-state index is 14.1. The number of imide groups is 1. The number of hydrogen-bond donors (Lipinski definition) is 3. The van der Waals surface area contributed by atoms with E-state index in [1.54, 1.807) is 23.1 Å². The molecule has 1 spiro atoms. The first kappa shape index (κ1) is 25.3. The lowest BCUT2D eigenvalue weighted by Crippen LogP contribution is -2.48.